The molecule has 12 nitrogen and oxygen atoms in total. The molecule has 2 aliphatic rings. The first-order chi connectivity index (χ1) is 17.3. The minimum absolute atomic E-state index is 0.109. The molecule has 12 heteroatoms. The number of aromatic nitrogens is 7. The number of ether oxygens (including phenoxy) is 2. The molecule has 5 heterocycles. The van der Waals surface area contributed by atoms with Crippen molar-refractivity contribution in [2.24, 2.45) is 7.05 Å². The average molecular weight is 492 g/mol. The van der Waals surface area contributed by atoms with Crippen molar-refractivity contribution < 1.29 is 14.3 Å². The lowest BCUT2D eigenvalue weighted by atomic mass is 10.1. The number of carbonyl (C=O) groups is 1. The number of fused-ring (bicyclic) bond motifs is 1. The molecule has 188 valence electrons. The summed E-state index contributed by atoms with van der Waals surface area (Å²) in [6.45, 7) is 6.36. The third-order valence-corrected chi connectivity index (χ3v) is 7.05. The Morgan fingerprint density at radius 3 is 2.92 bits per heavy atom. The first-order valence-corrected chi connectivity index (χ1v) is 12.0. The number of alkyl carbamates (subject to hydrolysis) is 1. The monoisotopic (exact) mass is 491 g/mol. The van der Waals surface area contributed by atoms with Gasteiger partial charge in [-0.1, -0.05) is 0 Å². The third-order valence-electron chi connectivity index (χ3n) is 7.05. The number of H-pyrrole nitrogens is 1. The molecule has 6 rings (SSSR count). The van der Waals surface area contributed by atoms with Crippen LogP contribution in [0.25, 0.3) is 16.8 Å². The van der Waals surface area contributed by atoms with Gasteiger partial charge >= 0.3 is 6.09 Å². The molecule has 36 heavy (non-hydrogen) atoms. The molecular formula is C24H29N9O3. The fourth-order valence-electron chi connectivity index (χ4n) is 4.55. The van der Waals surface area contributed by atoms with Crippen LogP contribution < -0.4 is 10.6 Å². The van der Waals surface area contributed by atoms with Crippen molar-refractivity contribution in [3.05, 3.63) is 41.7 Å². The van der Waals surface area contributed by atoms with Gasteiger partial charge in [0.1, 0.15) is 17.9 Å². The zero-order chi connectivity index (χ0) is 25.0. The molecule has 1 saturated carbocycles. The number of aryl methyl sites for hydroxylation is 2. The normalized spacial score (nSPS) is 20.6. The summed E-state index contributed by atoms with van der Waals surface area (Å²) in [7, 11) is 1.92. The Morgan fingerprint density at radius 1 is 1.33 bits per heavy atom. The van der Waals surface area contributed by atoms with Gasteiger partial charge in [-0.25, -0.2) is 14.8 Å². The molecule has 2 fully saturated rings. The van der Waals surface area contributed by atoms with Crippen LogP contribution in [0.2, 0.25) is 0 Å². The van der Waals surface area contributed by atoms with Crippen LogP contribution in [-0.2, 0) is 16.5 Å². The van der Waals surface area contributed by atoms with Crippen LogP contribution in [0.5, 0.6) is 0 Å². The molecule has 3 N–H and O–H groups in total. The average Bonchev–Trinajstić information content (AvgIpc) is 3.36. The van der Waals surface area contributed by atoms with E-state index in [1.807, 2.05) is 55.4 Å². The van der Waals surface area contributed by atoms with Gasteiger partial charge in [0.15, 0.2) is 5.82 Å². The molecule has 4 aromatic heterocycles. The number of aromatic amines is 1. The highest BCUT2D eigenvalue weighted by atomic mass is 16.6. The predicted octanol–water partition coefficient (Wildman–Crippen LogP) is 3.32. The van der Waals surface area contributed by atoms with Gasteiger partial charge in [0.05, 0.1) is 24.2 Å². The molecule has 1 aliphatic heterocycles. The zero-order valence-corrected chi connectivity index (χ0v) is 20.7. The maximum Gasteiger partial charge on any atom is 0.407 e. The summed E-state index contributed by atoms with van der Waals surface area (Å²) in [6.07, 6.45) is 7.08. The molecule has 0 aromatic carbocycles. The van der Waals surface area contributed by atoms with E-state index < -0.39 is 0 Å². The summed E-state index contributed by atoms with van der Waals surface area (Å²) in [5.41, 5.74) is 5.31. The van der Waals surface area contributed by atoms with Crippen LogP contribution >= 0.6 is 0 Å². The van der Waals surface area contributed by atoms with Gasteiger partial charge in [-0.05, 0) is 33.6 Å². The van der Waals surface area contributed by atoms with Crippen LogP contribution in [0.3, 0.4) is 0 Å². The largest absolute Gasteiger partial charge is 0.444 e. The van der Waals surface area contributed by atoms with E-state index in [4.69, 9.17) is 14.5 Å². The van der Waals surface area contributed by atoms with Gasteiger partial charge < -0.3 is 20.1 Å². The highest BCUT2D eigenvalue weighted by Gasteiger charge is 2.40. The Morgan fingerprint density at radius 2 is 2.17 bits per heavy atom. The van der Waals surface area contributed by atoms with E-state index >= 15 is 0 Å². The first-order valence-electron chi connectivity index (χ1n) is 12.0. The van der Waals surface area contributed by atoms with Crippen LogP contribution in [0.1, 0.15) is 49.4 Å². The number of rotatable bonds is 6. The second kappa shape index (κ2) is 8.33. The van der Waals surface area contributed by atoms with Gasteiger partial charge in [0.25, 0.3) is 0 Å². The first kappa shape index (κ1) is 22.5. The topological polar surface area (TPSA) is 136 Å². The number of carbonyl (C=O) groups excluding carboxylic acids is 1. The van der Waals surface area contributed by atoms with Crippen molar-refractivity contribution in [3.8, 4) is 11.1 Å². The van der Waals surface area contributed by atoms with E-state index in [1.54, 1.807) is 6.20 Å². The van der Waals surface area contributed by atoms with Gasteiger partial charge in [0, 0.05) is 54.3 Å². The fourth-order valence-corrected chi connectivity index (χ4v) is 4.55. The molecule has 0 bridgehead atoms. The number of imidazole rings is 1. The number of nitrogens with one attached hydrogen (secondary N) is 3. The number of hydrogen-bond donors (Lipinski definition) is 3. The molecule has 1 saturated heterocycles. The van der Waals surface area contributed by atoms with Crippen molar-refractivity contribution in [1.82, 2.24) is 39.7 Å². The summed E-state index contributed by atoms with van der Waals surface area (Å²) in [5, 5.41) is 18.0. The lowest BCUT2D eigenvalue weighted by Gasteiger charge is -2.15. The summed E-state index contributed by atoms with van der Waals surface area (Å²) in [5.74, 6) is 1.20. The standard InChI is InChI=1S/C24H29N9O3/c1-13-20(16-11-26-32(4)14(16)2)21-25-7-8-33(21)22(27-13)28-19-10-17(30-31-19)18-9-15(12-35-18)36-23(34)29-24(3)5-6-24/h7-8,10-11,15,18H,5-6,9,12H2,1-4H3,(H,29,34)(H2,27,28,30,31). The highest BCUT2D eigenvalue weighted by Crippen LogP contribution is 2.35. The number of hydrogen-bond acceptors (Lipinski definition) is 8. The van der Waals surface area contributed by atoms with Crippen LogP contribution in [0, 0.1) is 13.8 Å². The highest BCUT2D eigenvalue weighted by molar-refractivity contribution is 5.82. The minimum atomic E-state index is -0.382. The van der Waals surface area contributed by atoms with Gasteiger partial charge in [-0.15, -0.1) is 0 Å². The maximum absolute atomic E-state index is 12.1. The van der Waals surface area contributed by atoms with Gasteiger partial charge in [-0.3, -0.25) is 14.2 Å². The zero-order valence-electron chi connectivity index (χ0n) is 20.7. The molecular weight excluding hydrogens is 462 g/mol. The van der Waals surface area contributed by atoms with E-state index in [0.717, 1.165) is 46.7 Å². The van der Waals surface area contributed by atoms with Crippen LogP contribution in [0.4, 0.5) is 16.6 Å². The molecule has 0 spiro atoms. The molecule has 1 amide bonds. The fraction of sp³-hybridized carbons (Fsp3) is 0.458. The Hall–Kier alpha value is -3.93. The van der Waals surface area contributed by atoms with E-state index in [2.05, 4.69) is 30.9 Å². The van der Waals surface area contributed by atoms with Crippen molar-refractivity contribution in [1.29, 1.82) is 0 Å². The van der Waals surface area contributed by atoms with Crippen LogP contribution in [-0.4, -0.2) is 58.7 Å². The van der Waals surface area contributed by atoms with E-state index in [0.29, 0.717) is 24.8 Å². The summed E-state index contributed by atoms with van der Waals surface area (Å²) >= 11 is 0. The van der Waals surface area contributed by atoms with Gasteiger partial charge in [-0.2, -0.15) is 10.2 Å². The van der Waals surface area contributed by atoms with Crippen LogP contribution in [0.15, 0.2) is 24.7 Å². The SMILES string of the molecule is Cc1nc(Nc2cc(C3CC(OC(=O)NC4(C)CC4)CO3)[nH]n2)n2ccnc2c1-c1cnn(C)c1C. The number of anilines is 2. The molecule has 0 radical (unpaired) electrons. The molecule has 1 aliphatic carbocycles. The maximum atomic E-state index is 12.1. The Bertz CT molecular complexity index is 1450. The smallest absolute Gasteiger partial charge is 0.407 e. The summed E-state index contributed by atoms with van der Waals surface area (Å²) in [4.78, 5) is 21.5. The minimum Gasteiger partial charge on any atom is -0.444 e. The quantitative estimate of drug-likeness (QED) is 0.374. The van der Waals surface area contributed by atoms with E-state index in [9.17, 15) is 4.79 Å². The summed E-state index contributed by atoms with van der Waals surface area (Å²) in [6, 6.07) is 1.89. The van der Waals surface area contributed by atoms with Crippen molar-refractivity contribution >= 4 is 23.5 Å². The summed E-state index contributed by atoms with van der Waals surface area (Å²) < 4.78 is 15.2. The Balaban J connectivity index is 1.17. The van der Waals surface area contributed by atoms with Crippen molar-refractivity contribution in [2.75, 3.05) is 11.9 Å². The second-order valence-electron chi connectivity index (χ2n) is 9.89. The number of nitrogens with zero attached hydrogens (tertiary/aromatic N) is 6. The Labute approximate surface area is 207 Å². The molecule has 4 aromatic rings. The predicted molar refractivity (Wildman–Crippen MR) is 131 cm³/mol. The second-order valence-corrected chi connectivity index (χ2v) is 9.89. The third kappa shape index (κ3) is 4.06. The van der Waals surface area contributed by atoms with E-state index in [-0.39, 0.29) is 23.8 Å². The lowest BCUT2D eigenvalue weighted by Crippen LogP contribution is -2.37. The molecule has 2 unspecified atom stereocenters. The number of amides is 1. The lowest BCUT2D eigenvalue weighted by molar-refractivity contribution is 0.0675. The van der Waals surface area contributed by atoms with Crippen molar-refractivity contribution in [2.45, 2.75) is 57.8 Å². The van der Waals surface area contributed by atoms with E-state index in [1.165, 1.54) is 0 Å². The Kier molecular flexibility index (Phi) is 5.21. The molecule has 2 atom stereocenters. The van der Waals surface area contributed by atoms with Gasteiger partial charge in [0.2, 0.25) is 5.95 Å². The van der Waals surface area contributed by atoms with Crippen molar-refractivity contribution in [3.63, 3.8) is 0 Å².